The van der Waals surface area contributed by atoms with Gasteiger partial charge in [0, 0.05) is 43.0 Å². The fourth-order valence-electron chi connectivity index (χ4n) is 5.01. The molecule has 1 aromatic heterocycles. The fourth-order valence-corrected chi connectivity index (χ4v) is 5.01. The molecule has 0 aliphatic carbocycles. The molecule has 0 radical (unpaired) electrons. The maximum atomic E-state index is 5.67. The predicted molar refractivity (Wildman–Crippen MR) is 116 cm³/mol. The van der Waals surface area contributed by atoms with E-state index in [4.69, 9.17) is 9.15 Å². The first kappa shape index (κ1) is 18.9. The minimum absolute atomic E-state index is 0.0113. The van der Waals surface area contributed by atoms with E-state index in [1.807, 2.05) is 6.07 Å². The normalized spacial score (nSPS) is 21.4. The van der Waals surface area contributed by atoms with Crippen LogP contribution in [0.2, 0.25) is 0 Å². The molecule has 2 aliphatic heterocycles. The minimum Gasteiger partial charge on any atom is -0.464 e. The van der Waals surface area contributed by atoms with Crippen LogP contribution in [0.5, 0.6) is 0 Å². The average Bonchev–Trinajstić information content (AvgIpc) is 3.21. The maximum Gasteiger partial charge on any atom is 0.134 e. The Morgan fingerprint density at radius 1 is 1.00 bits per heavy atom. The molecule has 5 rings (SSSR count). The quantitative estimate of drug-likeness (QED) is 0.655. The molecule has 1 fully saturated rings. The zero-order valence-electron chi connectivity index (χ0n) is 17.6. The summed E-state index contributed by atoms with van der Waals surface area (Å²) in [6.07, 6.45) is 1.77. The zero-order valence-corrected chi connectivity index (χ0v) is 17.6. The lowest BCUT2D eigenvalue weighted by Crippen LogP contribution is -2.48. The number of hydrogen-bond donors (Lipinski definition) is 0. The van der Waals surface area contributed by atoms with Gasteiger partial charge in [0.25, 0.3) is 0 Å². The molecule has 3 heterocycles. The van der Waals surface area contributed by atoms with Gasteiger partial charge in [-0.2, -0.15) is 0 Å². The Bertz CT molecular complexity index is 1020. The lowest BCUT2D eigenvalue weighted by atomic mass is 9.81. The number of likely N-dealkylation sites (N-methyl/N-ethyl adjacent to an activating group) is 1. The first-order valence-corrected chi connectivity index (χ1v) is 10.6. The zero-order chi connectivity index (χ0) is 20.0. The number of hydrogen-bond acceptors (Lipinski definition) is 4. The van der Waals surface area contributed by atoms with Crippen molar-refractivity contribution in [3.8, 4) is 0 Å². The molecule has 1 saturated heterocycles. The van der Waals surface area contributed by atoms with E-state index in [9.17, 15) is 0 Å². The van der Waals surface area contributed by atoms with Crippen molar-refractivity contribution in [2.45, 2.75) is 31.8 Å². The lowest BCUT2D eigenvalue weighted by molar-refractivity contribution is -0.0118. The second-order valence-corrected chi connectivity index (χ2v) is 9.04. The van der Waals surface area contributed by atoms with E-state index in [2.05, 4.69) is 67.1 Å². The molecule has 0 saturated carbocycles. The Kier molecular flexibility index (Phi) is 4.73. The van der Waals surface area contributed by atoms with E-state index in [0.29, 0.717) is 5.92 Å². The van der Waals surface area contributed by atoms with Crippen LogP contribution < -0.4 is 0 Å². The number of benzene rings is 2. The second-order valence-electron chi connectivity index (χ2n) is 9.04. The third kappa shape index (κ3) is 3.39. The van der Waals surface area contributed by atoms with E-state index >= 15 is 0 Å². The smallest absolute Gasteiger partial charge is 0.134 e. The number of nitrogens with zero attached hydrogens (tertiary/aromatic N) is 2. The Morgan fingerprint density at radius 2 is 1.83 bits per heavy atom. The van der Waals surface area contributed by atoms with Crippen molar-refractivity contribution in [2.75, 3.05) is 39.9 Å². The van der Waals surface area contributed by atoms with Crippen molar-refractivity contribution in [3.05, 3.63) is 71.0 Å². The van der Waals surface area contributed by atoms with Crippen LogP contribution in [0, 0.1) is 0 Å². The molecule has 2 aliphatic rings. The van der Waals surface area contributed by atoms with Crippen molar-refractivity contribution in [3.63, 3.8) is 0 Å². The average molecular weight is 391 g/mol. The molecular weight excluding hydrogens is 360 g/mol. The van der Waals surface area contributed by atoms with Crippen LogP contribution in [0.3, 0.4) is 0 Å². The van der Waals surface area contributed by atoms with Gasteiger partial charge >= 0.3 is 0 Å². The first-order valence-electron chi connectivity index (χ1n) is 10.6. The van der Waals surface area contributed by atoms with Gasteiger partial charge in [-0.25, -0.2) is 0 Å². The van der Waals surface area contributed by atoms with Crippen LogP contribution in [0.15, 0.2) is 53.1 Å². The monoisotopic (exact) mass is 390 g/mol. The van der Waals surface area contributed by atoms with Gasteiger partial charge in [0.1, 0.15) is 5.58 Å². The molecule has 1 atom stereocenters. The Hall–Kier alpha value is -2.14. The van der Waals surface area contributed by atoms with Crippen molar-refractivity contribution < 1.29 is 9.15 Å². The van der Waals surface area contributed by atoms with Crippen LogP contribution >= 0.6 is 0 Å². The number of morpholine rings is 1. The van der Waals surface area contributed by atoms with E-state index in [0.717, 1.165) is 45.0 Å². The lowest BCUT2D eigenvalue weighted by Gasteiger charge is -2.42. The molecular formula is C25H30N2O2. The summed E-state index contributed by atoms with van der Waals surface area (Å²) in [4.78, 5) is 4.98. The van der Waals surface area contributed by atoms with Crippen molar-refractivity contribution >= 4 is 11.0 Å². The number of ether oxygens (including phenoxy) is 1. The molecule has 4 heteroatoms. The fraction of sp³-hybridized carbons (Fsp3) is 0.440. The van der Waals surface area contributed by atoms with Crippen LogP contribution in [-0.4, -0.2) is 49.7 Å². The molecule has 2 aromatic carbocycles. The molecule has 152 valence electrons. The van der Waals surface area contributed by atoms with Gasteiger partial charge in [-0.15, -0.1) is 0 Å². The van der Waals surface area contributed by atoms with Crippen LogP contribution in [0.25, 0.3) is 11.0 Å². The second kappa shape index (κ2) is 7.28. The summed E-state index contributed by atoms with van der Waals surface area (Å²) in [6.45, 7) is 10.4. The summed E-state index contributed by atoms with van der Waals surface area (Å²) in [5.74, 6) is 0.374. The number of fused-ring (bicyclic) bond motifs is 2. The van der Waals surface area contributed by atoms with Gasteiger partial charge in [0.2, 0.25) is 0 Å². The van der Waals surface area contributed by atoms with Gasteiger partial charge in [0.15, 0.2) is 0 Å². The van der Waals surface area contributed by atoms with Crippen LogP contribution in [-0.2, 0) is 16.8 Å². The molecule has 0 bridgehead atoms. The SMILES string of the molecule is CN1Cc2cc(C(C)(C)N3CCOCC3)ccc2C(c2ccc3ccoc3c2)C1. The molecule has 0 N–H and O–H groups in total. The first-order chi connectivity index (χ1) is 14.0. The third-order valence-electron chi connectivity index (χ3n) is 6.84. The van der Waals surface area contributed by atoms with Crippen molar-refractivity contribution in [1.82, 2.24) is 9.80 Å². The minimum atomic E-state index is 0.0113. The largest absolute Gasteiger partial charge is 0.464 e. The van der Waals surface area contributed by atoms with Gasteiger partial charge in [-0.05, 0) is 55.3 Å². The summed E-state index contributed by atoms with van der Waals surface area (Å²) >= 11 is 0. The molecule has 3 aromatic rings. The summed E-state index contributed by atoms with van der Waals surface area (Å²) in [6, 6.07) is 15.8. The topological polar surface area (TPSA) is 28.9 Å². The Balaban J connectivity index is 1.51. The maximum absolute atomic E-state index is 5.67. The highest BCUT2D eigenvalue weighted by molar-refractivity contribution is 5.78. The van der Waals surface area contributed by atoms with Crippen molar-refractivity contribution in [2.24, 2.45) is 0 Å². The van der Waals surface area contributed by atoms with E-state index in [1.54, 1.807) is 6.26 Å². The summed E-state index contributed by atoms with van der Waals surface area (Å²) < 4.78 is 11.2. The highest BCUT2D eigenvalue weighted by atomic mass is 16.5. The Morgan fingerprint density at radius 3 is 2.66 bits per heavy atom. The molecule has 4 nitrogen and oxygen atoms in total. The van der Waals surface area contributed by atoms with Crippen molar-refractivity contribution in [1.29, 1.82) is 0 Å². The molecule has 29 heavy (non-hydrogen) atoms. The summed E-state index contributed by atoms with van der Waals surface area (Å²) in [5.41, 5.74) is 6.62. The van der Waals surface area contributed by atoms with Gasteiger partial charge in [-0.1, -0.05) is 30.3 Å². The van der Waals surface area contributed by atoms with E-state index in [1.165, 1.54) is 27.6 Å². The standard InChI is InChI=1S/C25H30N2O2/c1-25(2,27-9-12-28-13-10-27)21-6-7-22-20(14-21)16-26(3)17-23(22)19-5-4-18-8-11-29-24(18)15-19/h4-8,11,14-15,23H,9-10,12-13,16-17H2,1-3H3. The number of furan rings is 1. The van der Waals surface area contributed by atoms with E-state index in [-0.39, 0.29) is 5.54 Å². The molecule has 1 unspecified atom stereocenters. The van der Waals surface area contributed by atoms with Crippen LogP contribution in [0.1, 0.15) is 42.0 Å². The molecule has 0 amide bonds. The van der Waals surface area contributed by atoms with Gasteiger partial charge in [0.05, 0.1) is 19.5 Å². The van der Waals surface area contributed by atoms with E-state index < -0.39 is 0 Å². The molecule has 0 spiro atoms. The van der Waals surface area contributed by atoms with Crippen LogP contribution in [0.4, 0.5) is 0 Å². The summed E-state index contributed by atoms with van der Waals surface area (Å²) in [5, 5.41) is 1.17. The summed E-state index contributed by atoms with van der Waals surface area (Å²) in [7, 11) is 2.22. The third-order valence-corrected chi connectivity index (χ3v) is 6.84. The highest BCUT2D eigenvalue weighted by Gasteiger charge is 2.32. The Labute approximate surface area is 173 Å². The van der Waals surface area contributed by atoms with Gasteiger partial charge < -0.3 is 14.1 Å². The predicted octanol–water partition coefficient (Wildman–Crippen LogP) is 4.58. The van der Waals surface area contributed by atoms with Gasteiger partial charge in [-0.3, -0.25) is 4.90 Å². The highest BCUT2D eigenvalue weighted by Crippen LogP contribution is 2.37. The number of rotatable bonds is 3.